The number of hydrogen-bond donors (Lipinski definition) is 2. The highest BCUT2D eigenvalue weighted by Gasteiger charge is 2.36. The molecule has 0 saturated heterocycles. The van der Waals surface area contributed by atoms with Crippen LogP contribution in [0.3, 0.4) is 0 Å². The van der Waals surface area contributed by atoms with Crippen molar-refractivity contribution in [2.75, 3.05) is 6.61 Å². The topological polar surface area (TPSA) is 75.6 Å². The van der Waals surface area contributed by atoms with E-state index in [9.17, 15) is 22.8 Å². The minimum atomic E-state index is -4.69. The standard InChI is InChI=1S/C14H12F3NO4/c15-14(16,17)6-10(13(20)21)18-12(19)9-5-8-3-1-2-4-11(8)22-7-9/h1-5,10H,6-7H2,(H,18,19)(H,20,21). The van der Waals surface area contributed by atoms with Crippen LogP contribution in [0.2, 0.25) is 0 Å². The fourth-order valence-electron chi connectivity index (χ4n) is 1.93. The van der Waals surface area contributed by atoms with Crippen LogP contribution in [0.15, 0.2) is 29.8 Å². The number of carboxylic acid groups (broad SMARTS) is 1. The van der Waals surface area contributed by atoms with Gasteiger partial charge in [-0.05, 0) is 12.1 Å². The van der Waals surface area contributed by atoms with Gasteiger partial charge in [0.1, 0.15) is 18.4 Å². The molecule has 1 aliphatic rings. The molecule has 1 unspecified atom stereocenters. The summed E-state index contributed by atoms with van der Waals surface area (Å²) in [5, 5.41) is 10.6. The fourth-order valence-corrected chi connectivity index (χ4v) is 1.93. The Morgan fingerprint density at radius 1 is 1.32 bits per heavy atom. The van der Waals surface area contributed by atoms with Gasteiger partial charge in [0.05, 0.1) is 12.0 Å². The molecule has 0 spiro atoms. The predicted molar refractivity (Wildman–Crippen MR) is 70.2 cm³/mol. The van der Waals surface area contributed by atoms with E-state index in [1.165, 1.54) is 6.08 Å². The molecule has 1 amide bonds. The molecule has 118 valence electrons. The van der Waals surface area contributed by atoms with Crippen molar-refractivity contribution in [2.45, 2.75) is 18.6 Å². The van der Waals surface area contributed by atoms with Gasteiger partial charge in [-0.25, -0.2) is 4.79 Å². The first-order chi connectivity index (χ1) is 10.3. The van der Waals surface area contributed by atoms with Crippen molar-refractivity contribution in [2.24, 2.45) is 0 Å². The zero-order chi connectivity index (χ0) is 16.3. The molecule has 2 N–H and O–H groups in total. The maximum atomic E-state index is 12.3. The number of aliphatic carboxylic acids is 1. The second-order valence-corrected chi connectivity index (χ2v) is 4.68. The Balaban J connectivity index is 2.12. The number of carboxylic acids is 1. The third kappa shape index (κ3) is 4.00. The molecule has 22 heavy (non-hydrogen) atoms. The van der Waals surface area contributed by atoms with Crippen LogP contribution in [0.25, 0.3) is 6.08 Å². The number of halogens is 3. The van der Waals surface area contributed by atoms with Gasteiger partial charge in [-0.2, -0.15) is 13.2 Å². The van der Waals surface area contributed by atoms with Crippen LogP contribution in [0.4, 0.5) is 13.2 Å². The van der Waals surface area contributed by atoms with Gasteiger partial charge < -0.3 is 15.2 Å². The highest BCUT2D eigenvalue weighted by molar-refractivity contribution is 6.00. The lowest BCUT2D eigenvalue weighted by atomic mass is 10.1. The highest BCUT2D eigenvalue weighted by Crippen LogP contribution is 2.26. The van der Waals surface area contributed by atoms with Crippen LogP contribution in [-0.2, 0) is 9.59 Å². The van der Waals surface area contributed by atoms with Crippen LogP contribution >= 0.6 is 0 Å². The SMILES string of the molecule is O=C(NC(CC(F)(F)F)C(=O)O)C1=Cc2ccccc2OC1. The zero-order valence-corrected chi connectivity index (χ0v) is 11.2. The Morgan fingerprint density at radius 3 is 2.64 bits per heavy atom. The molecule has 5 nitrogen and oxygen atoms in total. The van der Waals surface area contributed by atoms with Gasteiger partial charge in [-0.3, -0.25) is 4.79 Å². The van der Waals surface area contributed by atoms with Crippen molar-refractivity contribution in [3.63, 3.8) is 0 Å². The van der Waals surface area contributed by atoms with E-state index in [4.69, 9.17) is 9.84 Å². The van der Waals surface area contributed by atoms with E-state index in [1.807, 2.05) is 5.32 Å². The summed E-state index contributed by atoms with van der Waals surface area (Å²) in [5.74, 6) is -2.10. The van der Waals surface area contributed by atoms with Crippen molar-refractivity contribution >= 4 is 18.0 Å². The van der Waals surface area contributed by atoms with E-state index in [2.05, 4.69) is 0 Å². The Morgan fingerprint density at radius 2 is 2.00 bits per heavy atom. The van der Waals surface area contributed by atoms with Crippen molar-refractivity contribution in [3.05, 3.63) is 35.4 Å². The van der Waals surface area contributed by atoms with Crippen molar-refractivity contribution in [1.29, 1.82) is 0 Å². The van der Waals surface area contributed by atoms with Gasteiger partial charge in [0.2, 0.25) is 0 Å². The second kappa shape index (κ2) is 6.08. The number of fused-ring (bicyclic) bond motifs is 1. The van der Waals surface area contributed by atoms with Gasteiger partial charge in [-0.1, -0.05) is 18.2 Å². The quantitative estimate of drug-likeness (QED) is 0.891. The number of hydrogen-bond acceptors (Lipinski definition) is 3. The number of carbonyl (C=O) groups excluding carboxylic acids is 1. The average Bonchev–Trinajstić information content (AvgIpc) is 2.44. The van der Waals surface area contributed by atoms with Crippen LogP contribution in [0.5, 0.6) is 5.75 Å². The monoisotopic (exact) mass is 315 g/mol. The molecule has 0 fully saturated rings. The van der Waals surface area contributed by atoms with Gasteiger partial charge in [-0.15, -0.1) is 0 Å². The number of nitrogens with one attached hydrogen (secondary N) is 1. The normalized spacial score (nSPS) is 15.1. The summed E-state index contributed by atoms with van der Waals surface area (Å²) in [4.78, 5) is 22.7. The lowest BCUT2D eigenvalue weighted by Crippen LogP contribution is -2.44. The molecule has 0 bridgehead atoms. The lowest BCUT2D eigenvalue weighted by Gasteiger charge is -2.20. The Hall–Kier alpha value is -2.51. The van der Waals surface area contributed by atoms with Gasteiger partial charge in [0, 0.05) is 5.56 Å². The summed E-state index contributed by atoms with van der Waals surface area (Å²) in [5.41, 5.74) is 0.661. The highest BCUT2D eigenvalue weighted by atomic mass is 19.4. The van der Waals surface area contributed by atoms with Crippen LogP contribution in [0.1, 0.15) is 12.0 Å². The summed E-state index contributed by atoms with van der Waals surface area (Å²) in [7, 11) is 0. The smallest absolute Gasteiger partial charge is 0.391 e. The van der Waals surface area contributed by atoms with Crippen LogP contribution in [-0.4, -0.2) is 35.8 Å². The molecule has 8 heteroatoms. The van der Waals surface area contributed by atoms with E-state index in [-0.39, 0.29) is 12.2 Å². The summed E-state index contributed by atoms with van der Waals surface area (Å²) in [6.07, 6.45) is -4.88. The molecule has 1 aromatic carbocycles. The van der Waals surface area contributed by atoms with Gasteiger partial charge in [0.15, 0.2) is 0 Å². The molecule has 1 atom stereocenters. The molecule has 1 aromatic rings. The summed E-state index contributed by atoms with van der Waals surface area (Å²) >= 11 is 0. The molecule has 0 aromatic heterocycles. The van der Waals surface area contributed by atoms with E-state index < -0.39 is 30.5 Å². The maximum Gasteiger partial charge on any atom is 0.391 e. The first-order valence-corrected chi connectivity index (χ1v) is 6.29. The zero-order valence-electron chi connectivity index (χ0n) is 11.2. The van der Waals surface area contributed by atoms with Crippen molar-refractivity contribution in [1.82, 2.24) is 5.32 Å². The van der Waals surface area contributed by atoms with Crippen molar-refractivity contribution < 1.29 is 32.6 Å². The average molecular weight is 315 g/mol. The first-order valence-electron chi connectivity index (χ1n) is 6.29. The minimum absolute atomic E-state index is 0.0622. The summed E-state index contributed by atoms with van der Waals surface area (Å²) in [6, 6.07) is 4.77. The third-order valence-corrected chi connectivity index (χ3v) is 2.96. The minimum Gasteiger partial charge on any atom is -0.488 e. The molecule has 0 aliphatic carbocycles. The fraction of sp³-hybridized carbons (Fsp3) is 0.286. The number of alkyl halides is 3. The number of rotatable bonds is 4. The Bertz CT molecular complexity index is 625. The number of carbonyl (C=O) groups is 2. The van der Waals surface area contributed by atoms with E-state index >= 15 is 0 Å². The number of benzene rings is 1. The molecule has 0 radical (unpaired) electrons. The molecule has 2 rings (SSSR count). The number of ether oxygens (including phenoxy) is 1. The van der Waals surface area contributed by atoms with E-state index in [1.54, 1.807) is 24.3 Å². The summed E-state index contributed by atoms with van der Waals surface area (Å²) < 4.78 is 42.2. The Labute approximate surface area is 123 Å². The Kier molecular flexibility index (Phi) is 4.39. The molecule has 1 aliphatic heterocycles. The number of para-hydroxylation sites is 1. The van der Waals surface area contributed by atoms with Gasteiger partial charge >= 0.3 is 12.1 Å². The van der Waals surface area contributed by atoms with E-state index in [0.29, 0.717) is 11.3 Å². The van der Waals surface area contributed by atoms with Crippen LogP contribution < -0.4 is 10.1 Å². The van der Waals surface area contributed by atoms with Crippen LogP contribution in [0, 0.1) is 0 Å². The first kappa shape index (κ1) is 15.9. The van der Waals surface area contributed by atoms with Crippen molar-refractivity contribution in [3.8, 4) is 5.75 Å². The molecular formula is C14H12F3NO4. The maximum absolute atomic E-state index is 12.3. The van der Waals surface area contributed by atoms with E-state index in [0.717, 1.165) is 0 Å². The predicted octanol–water partition coefficient (Wildman–Crippen LogP) is 1.98. The largest absolute Gasteiger partial charge is 0.488 e. The summed E-state index contributed by atoms with van der Waals surface area (Å²) in [6.45, 7) is -0.138. The molecule has 1 heterocycles. The van der Waals surface area contributed by atoms with Gasteiger partial charge in [0.25, 0.3) is 5.91 Å². The molecular weight excluding hydrogens is 303 g/mol. The lowest BCUT2D eigenvalue weighted by molar-refractivity contribution is -0.159. The third-order valence-electron chi connectivity index (χ3n) is 2.96. The number of amides is 1. The second-order valence-electron chi connectivity index (χ2n) is 4.68. The molecule has 0 saturated carbocycles.